The van der Waals surface area contributed by atoms with Crippen molar-refractivity contribution in [1.29, 1.82) is 0 Å². The van der Waals surface area contributed by atoms with Gasteiger partial charge in [-0.1, -0.05) is 12.7 Å². The van der Waals surface area contributed by atoms with Crippen LogP contribution in [-0.4, -0.2) is 33.7 Å². The molecule has 21 heavy (non-hydrogen) atoms. The van der Waals surface area contributed by atoms with Crippen LogP contribution in [0.4, 0.5) is 0 Å². The summed E-state index contributed by atoms with van der Waals surface area (Å²) in [6, 6.07) is 0. The van der Waals surface area contributed by atoms with E-state index >= 15 is 0 Å². The molecule has 0 saturated carbocycles. The Balaban J connectivity index is 2.46. The number of nitrogens with zero attached hydrogens (tertiary/aromatic N) is 3. The highest BCUT2D eigenvalue weighted by molar-refractivity contribution is 5.78. The second-order valence-electron chi connectivity index (χ2n) is 5.60. The molecule has 2 heterocycles. The zero-order chi connectivity index (χ0) is 15.4. The second-order valence-corrected chi connectivity index (χ2v) is 5.60. The number of likely N-dealkylation sites (tertiary alicyclic amines) is 1. The van der Waals surface area contributed by atoms with Crippen molar-refractivity contribution >= 4 is 17.6 Å². The predicted molar refractivity (Wildman–Crippen MR) is 84.7 cm³/mol. The molecule has 0 aromatic carbocycles. The van der Waals surface area contributed by atoms with Crippen molar-refractivity contribution in [2.24, 2.45) is 5.92 Å². The van der Waals surface area contributed by atoms with Gasteiger partial charge in [-0.3, -0.25) is 4.79 Å². The zero-order valence-corrected chi connectivity index (χ0v) is 13.1. The van der Waals surface area contributed by atoms with Crippen molar-refractivity contribution in [2.45, 2.75) is 33.6 Å². The average molecular weight is 285 g/mol. The van der Waals surface area contributed by atoms with Gasteiger partial charge in [0.2, 0.25) is 0 Å². The molecule has 1 unspecified atom stereocenters. The first-order chi connectivity index (χ1) is 10.0. The number of piperidine rings is 1. The third kappa shape index (κ3) is 3.57. The topological polar surface area (TPSA) is 46.1 Å². The van der Waals surface area contributed by atoms with Crippen molar-refractivity contribution in [2.75, 3.05) is 13.1 Å². The van der Waals surface area contributed by atoms with Gasteiger partial charge in [0.1, 0.15) is 11.6 Å². The molecule has 0 spiro atoms. The molecule has 1 saturated heterocycles. The van der Waals surface area contributed by atoms with E-state index in [0.717, 1.165) is 48.0 Å². The van der Waals surface area contributed by atoms with Gasteiger partial charge in [0, 0.05) is 36.1 Å². The van der Waals surface area contributed by atoms with E-state index in [1.165, 1.54) is 0 Å². The van der Waals surface area contributed by atoms with Crippen LogP contribution < -0.4 is 10.6 Å². The van der Waals surface area contributed by atoms with Gasteiger partial charge in [0.15, 0.2) is 0 Å². The lowest BCUT2D eigenvalue weighted by atomic mass is 9.94. The highest BCUT2D eigenvalue weighted by Crippen LogP contribution is 2.20. The number of hydrogen-bond acceptors (Lipinski definition) is 4. The summed E-state index contributed by atoms with van der Waals surface area (Å²) in [4.78, 5) is 22.7. The fourth-order valence-electron chi connectivity index (χ4n) is 2.79. The van der Waals surface area contributed by atoms with Crippen LogP contribution >= 0.6 is 0 Å². The molecule has 1 aromatic heterocycles. The smallest absolute Gasteiger partial charge is 0.134 e. The molecule has 0 bridgehead atoms. The lowest BCUT2D eigenvalue weighted by Gasteiger charge is -2.33. The number of Topliss-reactive ketones (excluding diaryl/α,β-unsaturated/α-hetero) is 1. The summed E-state index contributed by atoms with van der Waals surface area (Å²) in [5, 5.41) is 1.91. The maximum Gasteiger partial charge on any atom is 0.134 e. The summed E-state index contributed by atoms with van der Waals surface area (Å²) in [6.45, 7) is 11.2. The van der Waals surface area contributed by atoms with Crippen LogP contribution in [0.2, 0.25) is 0 Å². The van der Waals surface area contributed by atoms with Crippen LogP contribution in [0.5, 0.6) is 0 Å². The maximum atomic E-state index is 11.6. The van der Waals surface area contributed by atoms with Gasteiger partial charge < -0.3 is 4.90 Å². The van der Waals surface area contributed by atoms with Crippen molar-refractivity contribution in [3.63, 3.8) is 0 Å². The molecule has 0 radical (unpaired) electrons. The summed E-state index contributed by atoms with van der Waals surface area (Å²) >= 11 is 0. The number of carbonyl (C=O) groups is 1. The van der Waals surface area contributed by atoms with E-state index in [2.05, 4.69) is 28.4 Å². The van der Waals surface area contributed by atoms with Gasteiger partial charge in [-0.15, -0.1) is 0 Å². The SMILES string of the molecule is C=C/C=c1/nc(C)nc/c1=C(/C)N1CCCC(C(C)=O)C1. The van der Waals surface area contributed by atoms with Gasteiger partial charge in [0.25, 0.3) is 0 Å². The minimum absolute atomic E-state index is 0.145. The van der Waals surface area contributed by atoms with Crippen molar-refractivity contribution in [1.82, 2.24) is 14.9 Å². The molecular weight excluding hydrogens is 262 g/mol. The van der Waals surface area contributed by atoms with Crippen LogP contribution in [0.25, 0.3) is 11.8 Å². The van der Waals surface area contributed by atoms with Crippen molar-refractivity contribution < 1.29 is 4.79 Å². The lowest BCUT2D eigenvalue weighted by Crippen LogP contribution is -2.41. The van der Waals surface area contributed by atoms with Gasteiger partial charge >= 0.3 is 0 Å². The second kappa shape index (κ2) is 6.66. The Morgan fingerprint density at radius 1 is 1.48 bits per heavy atom. The molecule has 0 N–H and O–H groups in total. The maximum absolute atomic E-state index is 11.6. The first-order valence-electron chi connectivity index (χ1n) is 7.41. The minimum Gasteiger partial charge on any atom is -0.374 e. The van der Waals surface area contributed by atoms with Gasteiger partial charge in [-0.2, -0.15) is 0 Å². The van der Waals surface area contributed by atoms with E-state index in [1.807, 2.05) is 19.2 Å². The van der Waals surface area contributed by atoms with E-state index in [0.29, 0.717) is 0 Å². The van der Waals surface area contributed by atoms with E-state index in [4.69, 9.17) is 0 Å². The molecule has 1 aliphatic rings. The summed E-state index contributed by atoms with van der Waals surface area (Å²) in [5.41, 5.74) is 1.13. The largest absolute Gasteiger partial charge is 0.374 e. The fourth-order valence-corrected chi connectivity index (χ4v) is 2.79. The Bertz CT molecular complexity index is 663. The summed E-state index contributed by atoms with van der Waals surface area (Å²) in [6.07, 6.45) is 7.56. The highest BCUT2D eigenvalue weighted by Gasteiger charge is 2.23. The highest BCUT2D eigenvalue weighted by atomic mass is 16.1. The van der Waals surface area contributed by atoms with Crippen LogP contribution in [0.15, 0.2) is 18.9 Å². The Kier molecular flexibility index (Phi) is 4.89. The van der Waals surface area contributed by atoms with Crippen LogP contribution in [0.1, 0.15) is 32.5 Å². The zero-order valence-electron chi connectivity index (χ0n) is 13.1. The summed E-state index contributed by atoms with van der Waals surface area (Å²) in [7, 11) is 0. The van der Waals surface area contributed by atoms with E-state index in [-0.39, 0.29) is 11.7 Å². The van der Waals surface area contributed by atoms with E-state index in [9.17, 15) is 4.79 Å². The number of rotatable bonds is 3. The minimum atomic E-state index is 0.145. The first-order valence-corrected chi connectivity index (χ1v) is 7.41. The number of carbonyl (C=O) groups excluding carboxylic acids is 1. The molecular formula is C17H23N3O. The molecule has 2 rings (SSSR count). The van der Waals surface area contributed by atoms with Crippen LogP contribution in [0.3, 0.4) is 0 Å². The lowest BCUT2D eigenvalue weighted by molar-refractivity contribution is -0.121. The molecule has 1 fully saturated rings. The average Bonchev–Trinajstić information content (AvgIpc) is 2.47. The molecule has 0 amide bonds. The quantitative estimate of drug-likeness (QED) is 0.836. The summed E-state index contributed by atoms with van der Waals surface area (Å²) < 4.78 is 0. The van der Waals surface area contributed by atoms with E-state index in [1.54, 1.807) is 13.0 Å². The molecule has 1 atom stereocenters. The Hall–Kier alpha value is -1.97. The summed E-state index contributed by atoms with van der Waals surface area (Å²) in [5.74, 6) is 1.18. The number of hydrogen-bond donors (Lipinski definition) is 0. The van der Waals surface area contributed by atoms with E-state index < -0.39 is 0 Å². The Morgan fingerprint density at radius 3 is 2.90 bits per heavy atom. The Labute approximate surface area is 125 Å². The third-order valence-electron chi connectivity index (χ3n) is 4.07. The number of allylic oxidation sites excluding steroid dienone is 1. The number of aromatic nitrogens is 2. The normalized spacial score (nSPS) is 21.2. The van der Waals surface area contributed by atoms with Crippen LogP contribution in [0, 0.1) is 12.8 Å². The molecule has 1 aliphatic heterocycles. The predicted octanol–water partition coefficient (Wildman–Crippen LogP) is 1.18. The monoisotopic (exact) mass is 285 g/mol. The van der Waals surface area contributed by atoms with Crippen molar-refractivity contribution in [3.8, 4) is 0 Å². The fraction of sp³-hybridized carbons (Fsp3) is 0.471. The molecule has 4 heteroatoms. The molecule has 112 valence electrons. The molecule has 1 aromatic rings. The molecule has 4 nitrogen and oxygen atoms in total. The Morgan fingerprint density at radius 2 is 2.24 bits per heavy atom. The van der Waals surface area contributed by atoms with Gasteiger partial charge in [0.05, 0.1) is 5.35 Å². The van der Waals surface area contributed by atoms with Crippen molar-refractivity contribution in [3.05, 3.63) is 35.2 Å². The van der Waals surface area contributed by atoms with Gasteiger partial charge in [-0.05, 0) is 39.7 Å². The van der Waals surface area contributed by atoms with Crippen LogP contribution in [-0.2, 0) is 4.79 Å². The number of ketones is 1. The van der Waals surface area contributed by atoms with Gasteiger partial charge in [-0.25, -0.2) is 9.97 Å². The molecule has 0 aliphatic carbocycles. The third-order valence-corrected chi connectivity index (χ3v) is 4.07. The first kappa shape index (κ1) is 15.4. The standard InChI is InChI=1S/C17H23N3O/c1-5-7-17-16(10-18-14(4)19-17)12(2)20-9-6-8-15(11-20)13(3)21/h5,7,10,15H,1,6,8-9,11H2,2-4H3/b16-12+,17-7+. The number of aryl methyl sites for hydroxylation is 1.